The number of alkyl halides is 3. The van der Waals surface area contributed by atoms with Gasteiger partial charge in [-0.3, -0.25) is 14.2 Å². The highest BCUT2D eigenvalue weighted by Crippen LogP contribution is 2.34. The van der Waals surface area contributed by atoms with Gasteiger partial charge in [0.1, 0.15) is 5.65 Å². The summed E-state index contributed by atoms with van der Waals surface area (Å²) < 4.78 is 41.7. The molecule has 0 aliphatic heterocycles. The molecule has 25 heavy (non-hydrogen) atoms. The van der Waals surface area contributed by atoms with Crippen molar-refractivity contribution in [2.75, 3.05) is 0 Å². The van der Waals surface area contributed by atoms with E-state index < -0.39 is 23.0 Å². The van der Waals surface area contributed by atoms with E-state index in [4.69, 9.17) is 0 Å². The molecular formula is C18H16F3N3O. The summed E-state index contributed by atoms with van der Waals surface area (Å²) in [5.74, 6) is 0. The van der Waals surface area contributed by atoms with Gasteiger partial charge in [0.15, 0.2) is 5.69 Å². The standard InChI is InChI=1S/C18H16F3N3O/c1-3-4-13-6-5-12(10-22-13)15-16(18(19,20)21)23-14-9-11(2)7-8-24(14)17(15)25/h5-10H,3-4H2,1-2H3. The van der Waals surface area contributed by atoms with E-state index in [1.54, 1.807) is 19.1 Å². The first kappa shape index (κ1) is 17.1. The molecule has 3 aromatic heterocycles. The summed E-state index contributed by atoms with van der Waals surface area (Å²) in [6, 6.07) is 6.23. The summed E-state index contributed by atoms with van der Waals surface area (Å²) >= 11 is 0. The van der Waals surface area contributed by atoms with Gasteiger partial charge < -0.3 is 0 Å². The molecule has 3 rings (SSSR count). The first-order valence-corrected chi connectivity index (χ1v) is 7.86. The zero-order valence-corrected chi connectivity index (χ0v) is 13.8. The van der Waals surface area contributed by atoms with E-state index in [0.29, 0.717) is 0 Å². The lowest BCUT2D eigenvalue weighted by Crippen LogP contribution is -2.24. The van der Waals surface area contributed by atoms with Crippen LogP contribution in [0.1, 0.15) is 30.3 Å². The molecule has 3 aromatic rings. The number of fused-ring (bicyclic) bond motifs is 1. The Balaban J connectivity index is 2.30. The normalized spacial score (nSPS) is 11.9. The van der Waals surface area contributed by atoms with Crippen LogP contribution < -0.4 is 5.56 Å². The predicted octanol–water partition coefficient (Wildman–Crippen LogP) is 4.04. The molecule has 130 valence electrons. The zero-order valence-electron chi connectivity index (χ0n) is 13.8. The van der Waals surface area contributed by atoms with Crippen molar-refractivity contribution in [1.82, 2.24) is 14.4 Å². The van der Waals surface area contributed by atoms with Crippen LogP contribution in [0, 0.1) is 6.92 Å². The third-order valence-corrected chi connectivity index (χ3v) is 3.87. The van der Waals surface area contributed by atoms with Gasteiger partial charge in [-0.15, -0.1) is 0 Å². The number of halogens is 3. The summed E-state index contributed by atoms with van der Waals surface area (Å²) in [6.45, 7) is 3.71. The van der Waals surface area contributed by atoms with Gasteiger partial charge in [0.05, 0.1) is 5.56 Å². The molecule has 7 heteroatoms. The second-order valence-electron chi connectivity index (χ2n) is 5.86. The lowest BCUT2D eigenvalue weighted by Gasteiger charge is -2.13. The minimum absolute atomic E-state index is 0.0309. The van der Waals surface area contributed by atoms with Crippen LogP contribution in [0.15, 0.2) is 41.5 Å². The van der Waals surface area contributed by atoms with E-state index in [1.165, 1.54) is 24.5 Å². The first-order chi connectivity index (χ1) is 11.8. The first-order valence-electron chi connectivity index (χ1n) is 7.86. The number of hydrogen-bond donors (Lipinski definition) is 0. The predicted molar refractivity (Wildman–Crippen MR) is 88.4 cm³/mol. The minimum Gasteiger partial charge on any atom is -0.268 e. The molecule has 0 aromatic carbocycles. The molecule has 0 unspecified atom stereocenters. The van der Waals surface area contributed by atoms with Gasteiger partial charge in [-0.05, 0) is 37.1 Å². The average molecular weight is 347 g/mol. The van der Waals surface area contributed by atoms with Gasteiger partial charge in [-0.25, -0.2) is 4.98 Å². The van der Waals surface area contributed by atoms with Crippen molar-refractivity contribution in [3.63, 3.8) is 0 Å². The SMILES string of the molecule is CCCc1ccc(-c2c(C(F)(F)F)nc3cc(C)ccn3c2=O)cn1. The molecule has 0 aliphatic carbocycles. The van der Waals surface area contributed by atoms with E-state index in [1.807, 2.05) is 6.92 Å². The fourth-order valence-electron chi connectivity index (χ4n) is 2.68. The van der Waals surface area contributed by atoms with Gasteiger partial charge in [-0.1, -0.05) is 19.4 Å². The van der Waals surface area contributed by atoms with Crippen molar-refractivity contribution in [2.45, 2.75) is 32.9 Å². The number of hydrogen-bond acceptors (Lipinski definition) is 3. The van der Waals surface area contributed by atoms with Gasteiger partial charge in [0.2, 0.25) is 0 Å². The maximum absolute atomic E-state index is 13.5. The molecular weight excluding hydrogens is 331 g/mol. The Morgan fingerprint density at radius 3 is 2.56 bits per heavy atom. The molecule has 0 radical (unpaired) electrons. The summed E-state index contributed by atoms with van der Waals surface area (Å²) in [4.78, 5) is 20.6. The molecule has 0 saturated carbocycles. The van der Waals surface area contributed by atoms with Gasteiger partial charge in [0, 0.05) is 23.7 Å². The van der Waals surface area contributed by atoms with E-state index in [2.05, 4.69) is 9.97 Å². The fourth-order valence-corrected chi connectivity index (χ4v) is 2.68. The lowest BCUT2D eigenvalue weighted by atomic mass is 10.1. The highest BCUT2D eigenvalue weighted by atomic mass is 19.4. The Hall–Kier alpha value is -2.70. The highest BCUT2D eigenvalue weighted by molar-refractivity contribution is 5.66. The third kappa shape index (κ3) is 3.26. The van der Waals surface area contributed by atoms with E-state index >= 15 is 0 Å². The second-order valence-corrected chi connectivity index (χ2v) is 5.86. The molecule has 4 nitrogen and oxygen atoms in total. The number of nitrogens with zero attached hydrogens (tertiary/aromatic N) is 3. The molecule has 0 amide bonds. The van der Waals surface area contributed by atoms with Crippen molar-refractivity contribution < 1.29 is 13.2 Å². The molecule has 0 N–H and O–H groups in total. The zero-order chi connectivity index (χ0) is 18.2. The number of pyridine rings is 2. The summed E-state index contributed by atoms with van der Waals surface area (Å²) in [6.07, 6.45) is -0.406. The molecule has 0 aliphatic rings. The topological polar surface area (TPSA) is 47.3 Å². The minimum atomic E-state index is -4.74. The van der Waals surface area contributed by atoms with Gasteiger partial charge in [-0.2, -0.15) is 13.2 Å². The van der Waals surface area contributed by atoms with Crippen LogP contribution in [-0.2, 0) is 12.6 Å². The Morgan fingerprint density at radius 2 is 1.96 bits per heavy atom. The van der Waals surface area contributed by atoms with Crippen LogP contribution >= 0.6 is 0 Å². The van der Waals surface area contributed by atoms with Gasteiger partial charge >= 0.3 is 6.18 Å². The molecule has 0 bridgehead atoms. The van der Waals surface area contributed by atoms with Crippen LogP contribution in [0.4, 0.5) is 13.2 Å². The Bertz CT molecular complexity index is 976. The summed E-state index contributed by atoms with van der Waals surface area (Å²) in [5, 5.41) is 0. The lowest BCUT2D eigenvalue weighted by molar-refractivity contribution is -0.140. The molecule has 0 atom stereocenters. The summed E-state index contributed by atoms with van der Waals surface area (Å²) in [5.41, 5.74) is -0.862. The molecule has 0 spiro atoms. The number of aromatic nitrogens is 3. The van der Waals surface area contributed by atoms with Crippen molar-refractivity contribution in [1.29, 1.82) is 0 Å². The fraction of sp³-hybridized carbons (Fsp3) is 0.278. The maximum Gasteiger partial charge on any atom is 0.434 e. The van der Waals surface area contributed by atoms with Crippen molar-refractivity contribution >= 4 is 5.65 Å². The maximum atomic E-state index is 13.5. The van der Waals surface area contributed by atoms with Crippen LogP contribution in [-0.4, -0.2) is 14.4 Å². The van der Waals surface area contributed by atoms with Crippen molar-refractivity contribution in [3.8, 4) is 11.1 Å². The van der Waals surface area contributed by atoms with E-state index in [-0.39, 0.29) is 11.2 Å². The van der Waals surface area contributed by atoms with Crippen molar-refractivity contribution in [3.05, 3.63) is 64.0 Å². The molecule has 0 saturated heterocycles. The third-order valence-electron chi connectivity index (χ3n) is 3.87. The average Bonchev–Trinajstić information content (AvgIpc) is 2.55. The number of aryl methyl sites for hydroxylation is 2. The van der Waals surface area contributed by atoms with E-state index in [0.717, 1.165) is 28.5 Å². The Labute approximate surface area is 142 Å². The van der Waals surface area contributed by atoms with Crippen LogP contribution in [0.2, 0.25) is 0 Å². The van der Waals surface area contributed by atoms with E-state index in [9.17, 15) is 18.0 Å². The van der Waals surface area contributed by atoms with Crippen LogP contribution in [0.3, 0.4) is 0 Å². The molecule has 3 heterocycles. The molecule has 0 fully saturated rings. The Morgan fingerprint density at radius 1 is 1.20 bits per heavy atom. The Kier molecular flexibility index (Phi) is 4.32. The highest BCUT2D eigenvalue weighted by Gasteiger charge is 2.38. The monoisotopic (exact) mass is 347 g/mol. The summed E-state index contributed by atoms with van der Waals surface area (Å²) in [7, 11) is 0. The number of rotatable bonds is 3. The quantitative estimate of drug-likeness (QED) is 0.718. The second kappa shape index (κ2) is 6.31. The van der Waals surface area contributed by atoms with Gasteiger partial charge in [0.25, 0.3) is 5.56 Å². The van der Waals surface area contributed by atoms with Crippen LogP contribution in [0.5, 0.6) is 0 Å². The van der Waals surface area contributed by atoms with Crippen molar-refractivity contribution in [2.24, 2.45) is 0 Å². The smallest absolute Gasteiger partial charge is 0.268 e. The largest absolute Gasteiger partial charge is 0.434 e. The van der Waals surface area contributed by atoms with Crippen LogP contribution in [0.25, 0.3) is 16.8 Å².